The first-order chi connectivity index (χ1) is 14.3. The van der Waals surface area contributed by atoms with Crippen LogP contribution in [0.3, 0.4) is 0 Å². The number of rotatable bonds is 4. The lowest BCUT2D eigenvalue weighted by molar-refractivity contribution is 0.0786. The molecular formula is C23H19BrN2O3S. The molecule has 0 atom stereocenters. The molecule has 3 amide bonds. The third-order valence-corrected chi connectivity index (χ3v) is 6.72. The summed E-state index contributed by atoms with van der Waals surface area (Å²) in [7, 11) is 1.72. The summed E-state index contributed by atoms with van der Waals surface area (Å²) < 4.78 is 1.01. The predicted octanol–water partition coefficient (Wildman–Crippen LogP) is 5.20. The van der Waals surface area contributed by atoms with Crippen LogP contribution in [-0.4, -0.2) is 29.7 Å². The number of nitrogens with zero attached hydrogens (tertiary/aromatic N) is 2. The highest BCUT2D eigenvalue weighted by atomic mass is 79.9. The lowest BCUT2D eigenvalue weighted by atomic mass is 10.0. The average molecular weight is 483 g/mol. The Morgan fingerprint density at radius 2 is 1.73 bits per heavy atom. The van der Waals surface area contributed by atoms with Crippen molar-refractivity contribution in [2.45, 2.75) is 20.4 Å². The first-order valence-electron chi connectivity index (χ1n) is 9.36. The number of imide groups is 1. The van der Waals surface area contributed by atoms with Crippen LogP contribution in [0, 0.1) is 13.8 Å². The zero-order chi connectivity index (χ0) is 21.6. The Hall–Kier alpha value is -2.77. The zero-order valence-corrected chi connectivity index (χ0v) is 19.1. The van der Waals surface area contributed by atoms with Crippen molar-refractivity contribution in [3.63, 3.8) is 0 Å². The van der Waals surface area contributed by atoms with Crippen LogP contribution in [0.5, 0.6) is 0 Å². The van der Waals surface area contributed by atoms with Gasteiger partial charge < -0.3 is 4.90 Å². The van der Waals surface area contributed by atoms with Gasteiger partial charge in [0.15, 0.2) is 0 Å². The zero-order valence-electron chi connectivity index (χ0n) is 16.7. The molecular weight excluding hydrogens is 464 g/mol. The molecule has 0 fully saturated rings. The van der Waals surface area contributed by atoms with Gasteiger partial charge in [0, 0.05) is 17.5 Å². The molecule has 152 valence electrons. The van der Waals surface area contributed by atoms with Gasteiger partial charge in [-0.15, -0.1) is 11.3 Å². The molecule has 0 aliphatic carbocycles. The number of halogens is 1. The van der Waals surface area contributed by atoms with E-state index in [0.29, 0.717) is 23.4 Å². The van der Waals surface area contributed by atoms with E-state index >= 15 is 0 Å². The first-order valence-corrected chi connectivity index (χ1v) is 11.0. The average Bonchev–Trinajstić information content (AvgIpc) is 3.23. The number of anilines is 1. The van der Waals surface area contributed by atoms with E-state index < -0.39 is 5.91 Å². The third-order valence-electron chi connectivity index (χ3n) is 5.11. The van der Waals surface area contributed by atoms with Gasteiger partial charge in [0.1, 0.15) is 0 Å². The normalized spacial score (nSPS) is 13.0. The van der Waals surface area contributed by atoms with E-state index in [4.69, 9.17) is 0 Å². The summed E-state index contributed by atoms with van der Waals surface area (Å²) in [5, 5.41) is 0. The highest BCUT2D eigenvalue weighted by molar-refractivity contribution is 9.11. The third kappa shape index (κ3) is 3.59. The molecule has 1 aliphatic rings. The first kappa shape index (κ1) is 20.5. The van der Waals surface area contributed by atoms with Crippen molar-refractivity contribution in [1.29, 1.82) is 0 Å². The molecule has 0 saturated heterocycles. The summed E-state index contributed by atoms with van der Waals surface area (Å²) >= 11 is 4.99. The number of hydrogen-bond acceptors (Lipinski definition) is 4. The Morgan fingerprint density at radius 1 is 1.00 bits per heavy atom. The fourth-order valence-electron chi connectivity index (χ4n) is 3.52. The van der Waals surface area contributed by atoms with Gasteiger partial charge in [-0.05, 0) is 77.3 Å². The summed E-state index contributed by atoms with van der Waals surface area (Å²) in [6, 6.07) is 14.3. The van der Waals surface area contributed by atoms with Crippen molar-refractivity contribution in [1.82, 2.24) is 4.90 Å². The van der Waals surface area contributed by atoms with Gasteiger partial charge in [-0.2, -0.15) is 0 Å². The number of carbonyl (C=O) groups is 3. The summed E-state index contributed by atoms with van der Waals surface area (Å²) in [5.74, 6) is -0.963. The quantitative estimate of drug-likeness (QED) is 0.480. The SMILES string of the molecule is Cc1ccc(C)c(N2C(=O)c3ccc(C(=O)N(C)Cc4ccc(Br)s4)cc3C2=O)c1. The number of hydrogen-bond donors (Lipinski definition) is 0. The second-order valence-corrected chi connectivity index (χ2v) is 9.91. The Kier molecular flexibility index (Phi) is 5.34. The van der Waals surface area contributed by atoms with Crippen LogP contribution < -0.4 is 4.90 Å². The molecule has 4 rings (SSSR count). The summed E-state index contributed by atoms with van der Waals surface area (Å²) in [5.41, 5.74) is 3.35. The van der Waals surface area contributed by atoms with E-state index in [2.05, 4.69) is 15.9 Å². The molecule has 2 heterocycles. The van der Waals surface area contributed by atoms with Gasteiger partial charge in [-0.25, -0.2) is 4.90 Å². The molecule has 1 aliphatic heterocycles. The van der Waals surface area contributed by atoms with E-state index in [9.17, 15) is 14.4 Å². The largest absolute Gasteiger partial charge is 0.337 e. The Balaban J connectivity index is 1.63. The van der Waals surface area contributed by atoms with E-state index in [1.54, 1.807) is 35.4 Å². The van der Waals surface area contributed by atoms with Crippen molar-refractivity contribution in [3.8, 4) is 0 Å². The molecule has 0 unspecified atom stereocenters. The summed E-state index contributed by atoms with van der Waals surface area (Å²) in [6.07, 6.45) is 0. The molecule has 0 radical (unpaired) electrons. The number of fused-ring (bicyclic) bond motifs is 1. The minimum atomic E-state index is -0.400. The van der Waals surface area contributed by atoms with Crippen LogP contribution in [0.15, 0.2) is 52.3 Å². The van der Waals surface area contributed by atoms with Gasteiger partial charge >= 0.3 is 0 Å². The molecule has 2 aromatic carbocycles. The smallest absolute Gasteiger partial charge is 0.266 e. The maximum atomic E-state index is 13.1. The number of amides is 3. The number of aryl methyl sites for hydroxylation is 2. The van der Waals surface area contributed by atoms with Crippen molar-refractivity contribution in [3.05, 3.63) is 85.0 Å². The molecule has 1 aromatic heterocycles. The van der Waals surface area contributed by atoms with Crippen molar-refractivity contribution in [2.24, 2.45) is 0 Å². The van der Waals surface area contributed by atoms with Crippen LogP contribution >= 0.6 is 27.3 Å². The van der Waals surface area contributed by atoms with Crippen molar-refractivity contribution >= 4 is 50.7 Å². The number of carbonyl (C=O) groups excluding carboxylic acids is 3. The van der Waals surface area contributed by atoms with E-state index in [-0.39, 0.29) is 17.4 Å². The molecule has 30 heavy (non-hydrogen) atoms. The predicted molar refractivity (Wildman–Crippen MR) is 121 cm³/mol. The monoisotopic (exact) mass is 482 g/mol. The van der Waals surface area contributed by atoms with Crippen LogP contribution in [-0.2, 0) is 6.54 Å². The summed E-state index contributed by atoms with van der Waals surface area (Å²) in [4.78, 5) is 42.8. The van der Waals surface area contributed by atoms with Gasteiger partial charge in [0.25, 0.3) is 17.7 Å². The molecule has 0 spiro atoms. The molecule has 7 heteroatoms. The minimum absolute atomic E-state index is 0.201. The Bertz CT molecular complexity index is 1200. The van der Waals surface area contributed by atoms with Gasteiger partial charge in [-0.1, -0.05) is 12.1 Å². The fraction of sp³-hybridized carbons (Fsp3) is 0.174. The van der Waals surface area contributed by atoms with Gasteiger partial charge in [0.2, 0.25) is 0 Å². The maximum absolute atomic E-state index is 13.1. The lowest BCUT2D eigenvalue weighted by Crippen LogP contribution is -2.30. The fourth-order valence-corrected chi connectivity index (χ4v) is 5.05. The second-order valence-electron chi connectivity index (χ2n) is 7.36. The molecule has 0 saturated carbocycles. The highest BCUT2D eigenvalue weighted by Crippen LogP contribution is 2.32. The van der Waals surface area contributed by atoms with Crippen LogP contribution in [0.25, 0.3) is 0 Å². The molecule has 5 nitrogen and oxygen atoms in total. The lowest BCUT2D eigenvalue weighted by Gasteiger charge is -2.17. The molecule has 0 N–H and O–H groups in total. The van der Waals surface area contributed by atoms with Crippen molar-refractivity contribution < 1.29 is 14.4 Å². The van der Waals surface area contributed by atoms with E-state index in [0.717, 1.165) is 19.8 Å². The summed E-state index contributed by atoms with van der Waals surface area (Å²) in [6.45, 7) is 4.25. The maximum Gasteiger partial charge on any atom is 0.266 e. The number of benzene rings is 2. The van der Waals surface area contributed by atoms with Gasteiger partial charge in [-0.3, -0.25) is 14.4 Å². The Labute approximate surface area is 187 Å². The van der Waals surface area contributed by atoms with E-state index in [1.807, 2.05) is 44.2 Å². The van der Waals surface area contributed by atoms with Crippen LogP contribution in [0.2, 0.25) is 0 Å². The molecule has 3 aromatic rings. The highest BCUT2D eigenvalue weighted by Gasteiger charge is 2.38. The topological polar surface area (TPSA) is 57.7 Å². The van der Waals surface area contributed by atoms with Crippen LogP contribution in [0.1, 0.15) is 47.1 Å². The van der Waals surface area contributed by atoms with Crippen molar-refractivity contribution in [2.75, 3.05) is 11.9 Å². The van der Waals surface area contributed by atoms with Gasteiger partial charge in [0.05, 0.1) is 27.1 Å². The van der Waals surface area contributed by atoms with E-state index in [1.165, 1.54) is 11.0 Å². The molecule has 0 bridgehead atoms. The second kappa shape index (κ2) is 7.81. The van der Waals surface area contributed by atoms with Crippen LogP contribution in [0.4, 0.5) is 5.69 Å². The number of thiophene rings is 1. The minimum Gasteiger partial charge on any atom is -0.337 e. The Morgan fingerprint density at radius 3 is 2.43 bits per heavy atom. The standard InChI is InChI=1S/C23H19BrN2O3S/c1-13-4-5-14(2)19(10-13)26-22(28)17-8-6-15(11-18(17)23(26)29)21(27)25(3)12-16-7-9-20(24)30-16/h4-11H,12H2,1-3H3.